The molecule has 6 aromatic rings. The van der Waals surface area contributed by atoms with Crippen LogP contribution in [-0.2, 0) is 5.41 Å². The standard InChI is InChI=1S/C33H25BrN2/c1-33(2)27-13-7-9-15-30(27)36(23-10-4-3-5-11-23)32-20-26-25-12-6-8-14-29(25)35(31(26)21-28(32)33)24-18-16-22(34)17-19-24/h3-21H,1-2H3. The second-order valence-electron chi connectivity index (χ2n) is 10.0. The van der Waals surface area contributed by atoms with Crippen molar-refractivity contribution in [2.24, 2.45) is 0 Å². The molecule has 174 valence electrons. The van der Waals surface area contributed by atoms with Crippen LogP contribution in [0.5, 0.6) is 0 Å². The van der Waals surface area contributed by atoms with Crippen molar-refractivity contribution >= 4 is 54.8 Å². The largest absolute Gasteiger partial charge is 0.310 e. The van der Waals surface area contributed by atoms with Crippen molar-refractivity contribution in [3.8, 4) is 5.69 Å². The van der Waals surface area contributed by atoms with Gasteiger partial charge in [-0.25, -0.2) is 0 Å². The summed E-state index contributed by atoms with van der Waals surface area (Å²) in [7, 11) is 0. The van der Waals surface area contributed by atoms with Crippen LogP contribution in [0, 0.1) is 0 Å². The van der Waals surface area contributed by atoms with Crippen molar-refractivity contribution in [2.75, 3.05) is 4.90 Å². The molecule has 5 aromatic carbocycles. The highest BCUT2D eigenvalue weighted by molar-refractivity contribution is 9.10. The number of hydrogen-bond acceptors (Lipinski definition) is 1. The van der Waals surface area contributed by atoms with Gasteiger partial charge < -0.3 is 9.47 Å². The Morgan fingerprint density at radius 2 is 1.25 bits per heavy atom. The molecule has 0 saturated carbocycles. The summed E-state index contributed by atoms with van der Waals surface area (Å²) >= 11 is 3.60. The van der Waals surface area contributed by atoms with Crippen molar-refractivity contribution in [3.05, 3.63) is 131 Å². The van der Waals surface area contributed by atoms with Crippen molar-refractivity contribution in [1.29, 1.82) is 0 Å². The molecule has 0 amide bonds. The second-order valence-corrected chi connectivity index (χ2v) is 10.9. The van der Waals surface area contributed by atoms with Crippen LogP contribution in [0.1, 0.15) is 25.0 Å². The first-order chi connectivity index (χ1) is 17.5. The lowest BCUT2D eigenvalue weighted by Gasteiger charge is -2.42. The summed E-state index contributed by atoms with van der Waals surface area (Å²) in [6.45, 7) is 4.71. The molecule has 0 fully saturated rings. The maximum atomic E-state index is 3.60. The lowest BCUT2D eigenvalue weighted by atomic mass is 9.73. The Balaban J connectivity index is 1.61. The zero-order valence-electron chi connectivity index (χ0n) is 20.2. The average Bonchev–Trinajstić information content (AvgIpc) is 3.23. The minimum atomic E-state index is -0.146. The molecule has 0 bridgehead atoms. The third-order valence-corrected chi connectivity index (χ3v) is 8.15. The van der Waals surface area contributed by atoms with Crippen molar-refractivity contribution < 1.29 is 0 Å². The van der Waals surface area contributed by atoms with E-state index >= 15 is 0 Å². The summed E-state index contributed by atoms with van der Waals surface area (Å²) < 4.78 is 3.49. The molecule has 0 radical (unpaired) electrons. The third kappa shape index (κ3) is 3.02. The molecule has 1 aliphatic rings. The normalized spacial score (nSPS) is 14.1. The Labute approximate surface area is 219 Å². The molecular weight excluding hydrogens is 504 g/mol. The van der Waals surface area contributed by atoms with E-state index in [1.807, 2.05) is 0 Å². The molecule has 0 saturated heterocycles. The Morgan fingerprint density at radius 1 is 0.556 bits per heavy atom. The molecule has 7 rings (SSSR count). The predicted molar refractivity (Wildman–Crippen MR) is 155 cm³/mol. The third-order valence-electron chi connectivity index (χ3n) is 7.62. The fourth-order valence-electron chi connectivity index (χ4n) is 5.88. The van der Waals surface area contributed by atoms with Crippen molar-refractivity contribution in [3.63, 3.8) is 0 Å². The van der Waals surface area contributed by atoms with Crippen LogP contribution in [0.25, 0.3) is 27.5 Å². The van der Waals surface area contributed by atoms with E-state index in [1.165, 1.54) is 55.7 Å². The molecule has 0 N–H and O–H groups in total. The van der Waals surface area contributed by atoms with E-state index in [0.717, 1.165) is 4.47 Å². The number of halogens is 1. The summed E-state index contributed by atoms with van der Waals surface area (Å²) in [6, 6.07) is 41.8. The number of anilines is 3. The number of nitrogens with zero attached hydrogens (tertiary/aromatic N) is 2. The van der Waals surface area contributed by atoms with E-state index in [2.05, 4.69) is 155 Å². The number of para-hydroxylation sites is 3. The SMILES string of the molecule is CC1(C)c2ccccc2N(c2ccccc2)c2cc3c4ccccc4n(-c4ccc(Br)cc4)c3cc21. The zero-order valence-corrected chi connectivity index (χ0v) is 21.8. The summed E-state index contributed by atoms with van der Waals surface area (Å²) in [5, 5.41) is 2.53. The molecule has 1 aromatic heterocycles. The lowest BCUT2D eigenvalue weighted by Crippen LogP contribution is -2.30. The molecule has 0 aliphatic carbocycles. The van der Waals surface area contributed by atoms with E-state index in [4.69, 9.17) is 0 Å². The molecular formula is C33H25BrN2. The van der Waals surface area contributed by atoms with Crippen LogP contribution < -0.4 is 4.90 Å². The molecule has 2 nitrogen and oxygen atoms in total. The van der Waals surface area contributed by atoms with Crippen LogP contribution >= 0.6 is 15.9 Å². The van der Waals surface area contributed by atoms with E-state index in [0.29, 0.717) is 0 Å². The molecule has 0 unspecified atom stereocenters. The average molecular weight is 529 g/mol. The van der Waals surface area contributed by atoms with Gasteiger partial charge in [-0.2, -0.15) is 0 Å². The van der Waals surface area contributed by atoms with Crippen LogP contribution in [0.4, 0.5) is 17.1 Å². The quantitative estimate of drug-likeness (QED) is 0.217. The van der Waals surface area contributed by atoms with Crippen LogP contribution in [0.3, 0.4) is 0 Å². The molecule has 0 spiro atoms. The lowest BCUT2D eigenvalue weighted by molar-refractivity contribution is 0.632. The first-order valence-electron chi connectivity index (χ1n) is 12.3. The van der Waals surface area contributed by atoms with Crippen molar-refractivity contribution in [1.82, 2.24) is 4.57 Å². The van der Waals surface area contributed by atoms with Gasteiger partial charge in [-0.3, -0.25) is 0 Å². The Hall–Kier alpha value is -3.82. The minimum Gasteiger partial charge on any atom is -0.310 e. The van der Waals surface area contributed by atoms with Gasteiger partial charge in [-0.05, 0) is 71.8 Å². The van der Waals surface area contributed by atoms with Gasteiger partial charge in [0.15, 0.2) is 0 Å². The summed E-state index contributed by atoms with van der Waals surface area (Å²) in [5.41, 5.74) is 9.82. The summed E-state index contributed by atoms with van der Waals surface area (Å²) in [5.74, 6) is 0. The first-order valence-corrected chi connectivity index (χ1v) is 13.1. The number of hydrogen-bond donors (Lipinski definition) is 0. The second kappa shape index (κ2) is 7.84. The van der Waals surface area contributed by atoms with Gasteiger partial charge in [0.2, 0.25) is 0 Å². The van der Waals surface area contributed by atoms with Crippen LogP contribution in [0.15, 0.2) is 120 Å². The van der Waals surface area contributed by atoms with Gasteiger partial charge >= 0.3 is 0 Å². The fourth-order valence-corrected chi connectivity index (χ4v) is 6.15. The topological polar surface area (TPSA) is 8.17 Å². The molecule has 1 aliphatic heterocycles. The molecule has 3 heteroatoms. The Kier molecular flexibility index (Phi) is 4.67. The maximum Gasteiger partial charge on any atom is 0.0545 e. The molecule has 0 atom stereocenters. The fraction of sp³-hybridized carbons (Fsp3) is 0.0909. The number of aromatic nitrogens is 1. The molecule has 2 heterocycles. The van der Waals surface area contributed by atoms with Crippen LogP contribution in [-0.4, -0.2) is 4.57 Å². The predicted octanol–water partition coefficient (Wildman–Crippen LogP) is 9.66. The highest BCUT2D eigenvalue weighted by Gasteiger charge is 2.37. The number of rotatable bonds is 2. The van der Waals surface area contributed by atoms with Gasteiger partial charge in [0.05, 0.1) is 22.4 Å². The Morgan fingerprint density at radius 3 is 2.06 bits per heavy atom. The summed E-state index contributed by atoms with van der Waals surface area (Å²) in [6.07, 6.45) is 0. The van der Waals surface area contributed by atoms with E-state index in [-0.39, 0.29) is 5.41 Å². The number of fused-ring (bicyclic) bond motifs is 5. The highest BCUT2D eigenvalue weighted by Crippen LogP contribution is 2.53. The number of benzene rings is 5. The summed E-state index contributed by atoms with van der Waals surface area (Å²) in [4.78, 5) is 2.43. The van der Waals surface area contributed by atoms with Crippen molar-refractivity contribution in [2.45, 2.75) is 19.3 Å². The smallest absolute Gasteiger partial charge is 0.0545 e. The Bertz CT molecular complexity index is 1760. The molecule has 36 heavy (non-hydrogen) atoms. The van der Waals surface area contributed by atoms with E-state index < -0.39 is 0 Å². The van der Waals surface area contributed by atoms with Gasteiger partial charge in [0.25, 0.3) is 0 Å². The maximum absolute atomic E-state index is 3.60. The van der Waals surface area contributed by atoms with E-state index in [1.54, 1.807) is 0 Å². The van der Waals surface area contributed by atoms with Gasteiger partial charge in [-0.1, -0.05) is 84.4 Å². The minimum absolute atomic E-state index is 0.146. The zero-order chi connectivity index (χ0) is 24.4. The monoisotopic (exact) mass is 528 g/mol. The van der Waals surface area contributed by atoms with E-state index in [9.17, 15) is 0 Å². The van der Waals surface area contributed by atoms with Crippen LogP contribution in [0.2, 0.25) is 0 Å². The van der Waals surface area contributed by atoms with Gasteiger partial charge in [0, 0.05) is 32.0 Å². The van der Waals surface area contributed by atoms with Gasteiger partial charge in [0.1, 0.15) is 0 Å². The first kappa shape index (κ1) is 21.5. The highest BCUT2D eigenvalue weighted by atomic mass is 79.9. The van der Waals surface area contributed by atoms with Gasteiger partial charge in [-0.15, -0.1) is 0 Å².